The minimum absolute atomic E-state index is 0. The van der Waals surface area contributed by atoms with Crippen molar-refractivity contribution in [2.24, 2.45) is 0 Å². The van der Waals surface area contributed by atoms with E-state index >= 15 is 0 Å². The molecule has 2 nitrogen and oxygen atoms in total. The molecule has 0 bridgehead atoms. The summed E-state index contributed by atoms with van der Waals surface area (Å²) in [5.74, 6) is 0.0417. The topological polar surface area (TPSA) is 34.1 Å². The van der Waals surface area contributed by atoms with E-state index in [2.05, 4.69) is 0 Å². The molecule has 0 heterocycles. The molecule has 53 valence electrons. The van der Waals surface area contributed by atoms with Gasteiger partial charge in [-0.05, 0) is 13.8 Å². The zero-order valence-electron chi connectivity index (χ0n) is 5.69. The van der Waals surface area contributed by atoms with E-state index in [0.29, 0.717) is 5.92 Å². The van der Waals surface area contributed by atoms with Gasteiger partial charge in [0.25, 0.3) is 0 Å². The molecule has 0 saturated heterocycles. The fourth-order valence-electron chi connectivity index (χ4n) is 0.248. The number of hydrogen-bond donors (Lipinski definition) is 0. The van der Waals surface area contributed by atoms with E-state index in [1.54, 1.807) is 0 Å². The van der Waals surface area contributed by atoms with Crippen molar-refractivity contribution in [2.45, 2.75) is 20.8 Å². The van der Waals surface area contributed by atoms with Crippen LogP contribution < -0.4 is 0 Å². The summed E-state index contributed by atoms with van der Waals surface area (Å²) in [5.41, 5.74) is 0. The third-order valence-corrected chi connectivity index (χ3v) is 1.06. The average molecular weight is 299 g/mol. The van der Waals surface area contributed by atoms with Crippen molar-refractivity contribution in [3.63, 3.8) is 0 Å². The van der Waals surface area contributed by atoms with Crippen LogP contribution in [0.25, 0.3) is 0 Å². The Morgan fingerprint density at radius 2 is 1.33 bits per heavy atom. The molecule has 0 spiro atoms. The second kappa shape index (κ2) is 4.72. The molecule has 1 radical (unpaired) electrons. The van der Waals surface area contributed by atoms with E-state index < -0.39 is 0 Å². The summed E-state index contributed by atoms with van der Waals surface area (Å²) in [5, 5.41) is 0. The van der Waals surface area contributed by atoms with Gasteiger partial charge in [-0.2, -0.15) is 6.92 Å². The number of rotatable bonds is 2. The second-order valence-corrected chi connectivity index (χ2v) is 1.74. The van der Waals surface area contributed by atoms with E-state index in [1.807, 2.05) is 0 Å². The van der Waals surface area contributed by atoms with Gasteiger partial charge in [0.15, 0.2) is 0 Å². The predicted octanol–water partition coefficient (Wildman–Crippen LogP) is 0.756. The first-order valence-electron chi connectivity index (χ1n) is 2.41. The predicted molar refractivity (Wildman–Crippen MR) is 30.3 cm³/mol. The van der Waals surface area contributed by atoms with Crippen LogP contribution in [0.5, 0.6) is 0 Å². The van der Waals surface area contributed by atoms with E-state index in [-0.39, 0.29) is 32.0 Å². The van der Waals surface area contributed by atoms with Gasteiger partial charge >= 0.3 is 0 Å². The summed E-state index contributed by atoms with van der Waals surface area (Å²) in [7, 11) is 0. The molecule has 0 aromatic rings. The van der Waals surface area contributed by atoms with Crippen molar-refractivity contribution >= 4 is 11.6 Å². The van der Waals surface area contributed by atoms with Crippen molar-refractivity contribution < 1.29 is 30.0 Å². The van der Waals surface area contributed by atoms with Crippen molar-refractivity contribution in [1.82, 2.24) is 0 Å². The fraction of sp³-hybridized carbons (Fsp3) is 0.500. The molecule has 0 fully saturated rings. The quantitative estimate of drug-likeness (QED) is 0.557. The minimum Gasteiger partial charge on any atom is -0.334 e. The van der Waals surface area contributed by atoms with Crippen molar-refractivity contribution in [3.05, 3.63) is 5.92 Å². The van der Waals surface area contributed by atoms with Crippen LogP contribution in [-0.4, -0.2) is 11.6 Å². The Morgan fingerprint density at radius 1 is 1.11 bits per heavy atom. The largest absolute Gasteiger partial charge is 0.334 e. The Morgan fingerprint density at radius 3 is 1.33 bits per heavy atom. The summed E-state index contributed by atoms with van der Waals surface area (Å²) in [6.07, 6.45) is 0. The van der Waals surface area contributed by atoms with E-state index in [0.717, 1.165) is 0 Å². The smallest absolute Gasteiger partial charge is 0.00467 e. The first-order valence-corrected chi connectivity index (χ1v) is 2.41. The Labute approximate surface area is 68.7 Å². The number of carbonyl (C=O) groups excluding carboxylic acids is 2. The van der Waals surface area contributed by atoms with Crippen molar-refractivity contribution in [2.75, 3.05) is 0 Å². The SMILES string of the molecule is CC(=O)[C-](C)C(C)=O.[Re]. The molecule has 0 unspecified atom stereocenters. The van der Waals surface area contributed by atoms with Crippen molar-refractivity contribution in [3.8, 4) is 0 Å². The molecule has 9 heavy (non-hydrogen) atoms. The number of hydrogen-bond acceptors (Lipinski definition) is 2. The molecular weight excluding hydrogens is 290 g/mol. The van der Waals surface area contributed by atoms with Crippen LogP contribution in [0.4, 0.5) is 0 Å². The first kappa shape index (κ1) is 11.6. The van der Waals surface area contributed by atoms with Crippen LogP contribution in [0, 0.1) is 5.92 Å². The Kier molecular flexibility index (Phi) is 6.11. The molecule has 0 atom stereocenters. The summed E-state index contributed by atoms with van der Waals surface area (Å²) in [6, 6.07) is 0. The van der Waals surface area contributed by atoms with Gasteiger partial charge in [-0.15, -0.1) is 0 Å². The minimum atomic E-state index is -0.141. The summed E-state index contributed by atoms with van der Waals surface area (Å²) in [6.45, 7) is 4.30. The summed E-state index contributed by atoms with van der Waals surface area (Å²) >= 11 is 0. The van der Waals surface area contributed by atoms with E-state index in [1.165, 1.54) is 20.8 Å². The summed E-state index contributed by atoms with van der Waals surface area (Å²) < 4.78 is 0. The molecule has 0 aliphatic rings. The average Bonchev–Trinajstić information content (AvgIpc) is 1.64. The second-order valence-electron chi connectivity index (χ2n) is 1.74. The Hall–Kier alpha value is -0.128. The number of ketones is 2. The van der Waals surface area contributed by atoms with Gasteiger partial charge in [-0.25, -0.2) is 0 Å². The van der Waals surface area contributed by atoms with Gasteiger partial charge in [0.2, 0.25) is 0 Å². The van der Waals surface area contributed by atoms with Gasteiger partial charge in [-0.3, -0.25) is 5.92 Å². The number of carbonyl (C=O) groups is 2. The van der Waals surface area contributed by atoms with Crippen LogP contribution in [-0.2, 0) is 30.0 Å². The molecule has 0 N–H and O–H groups in total. The van der Waals surface area contributed by atoms with Gasteiger partial charge < -0.3 is 9.59 Å². The van der Waals surface area contributed by atoms with Gasteiger partial charge in [-0.1, -0.05) is 0 Å². The molecule has 0 rings (SSSR count). The molecule has 0 aliphatic carbocycles. The van der Waals surface area contributed by atoms with Crippen LogP contribution in [0.2, 0.25) is 0 Å². The maximum Gasteiger partial charge on any atom is 0.00467 e. The molecule has 0 aliphatic heterocycles. The van der Waals surface area contributed by atoms with Crippen LogP contribution >= 0.6 is 0 Å². The molecular formula is C6H9O2Re-. The first-order chi connectivity index (χ1) is 3.55. The summed E-state index contributed by atoms with van der Waals surface area (Å²) in [4.78, 5) is 20.7. The molecule has 3 heteroatoms. The standard InChI is InChI=1S/C6H9O2.Re/c1-4(5(2)7)6(3)8;/h1-3H3;/q-1;. The van der Waals surface area contributed by atoms with Gasteiger partial charge in [0.1, 0.15) is 0 Å². The van der Waals surface area contributed by atoms with Crippen molar-refractivity contribution in [1.29, 1.82) is 0 Å². The normalized spacial score (nSPS) is 7.44. The van der Waals surface area contributed by atoms with Crippen LogP contribution in [0.3, 0.4) is 0 Å². The third kappa shape index (κ3) is 4.38. The van der Waals surface area contributed by atoms with Crippen LogP contribution in [0.1, 0.15) is 20.8 Å². The van der Waals surface area contributed by atoms with Crippen LogP contribution in [0.15, 0.2) is 0 Å². The molecule has 0 aromatic carbocycles. The van der Waals surface area contributed by atoms with Gasteiger partial charge in [0, 0.05) is 32.0 Å². The fourth-order valence-corrected chi connectivity index (χ4v) is 0.248. The Bertz CT molecular complexity index is 106. The molecule has 0 saturated carbocycles. The van der Waals surface area contributed by atoms with E-state index in [4.69, 9.17) is 0 Å². The number of Topliss-reactive ketones (excluding diaryl/α,β-unsaturated/α-hetero) is 2. The maximum atomic E-state index is 10.3. The maximum absolute atomic E-state index is 10.3. The van der Waals surface area contributed by atoms with Gasteiger partial charge in [0.05, 0.1) is 0 Å². The van der Waals surface area contributed by atoms with E-state index in [9.17, 15) is 9.59 Å². The molecule has 0 aromatic heterocycles. The zero-order chi connectivity index (χ0) is 6.73. The monoisotopic (exact) mass is 300 g/mol. The zero-order valence-corrected chi connectivity index (χ0v) is 8.41. The third-order valence-electron chi connectivity index (χ3n) is 1.06. The molecule has 0 amide bonds. The Balaban J connectivity index is 0.